The molecule has 0 saturated carbocycles. The van der Waals surface area contributed by atoms with Gasteiger partial charge in [0, 0.05) is 17.5 Å². The average molecular weight is 423 g/mol. The third kappa shape index (κ3) is 2.69. The van der Waals surface area contributed by atoms with Gasteiger partial charge in [0.05, 0.1) is 24.5 Å². The van der Waals surface area contributed by atoms with Gasteiger partial charge >= 0.3 is 6.03 Å². The van der Waals surface area contributed by atoms with Crippen LogP contribution in [0, 0.1) is 6.92 Å². The Morgan fingerprint density at radius 3 is 2.67 bits per heavy atom. The van der Waals surface area contributed by atoms with Crippen molar-refractivity contribution in [3.8, 4) is 11.4 Å². The van der Waals surface area contributed by atoms with Gasteiger partial charge in [-0.25, -0.2) is 9.48 Å². The van der Waals surface area contributed by atoms with Crippen LogP contribution in [0.2, 0.25) is 5.15 Å². The number of carbonyl (C=O) groups is 2. The third-order valence-electron chi connectivity index (χ3n) is 5.70. The number of urea groups is 1. The van der Waals surface area contributed by atoms with Crippen LogP contribution < -0.4 is 10.1 Å². The second kappa shape index (κ2) is 6.88. The summed E-state index contributed by atoms with van der Waals surface area (Å²) in [5.41, 5.74) is 1.69. The van der Waals surface area contributed by atoms with Crippen LogP contribution in [-0.2, 0) is 16.9 Å². The Balaban J connectivity index is 1.50. The highest BCUT2D eigenvalue weighted by molar-refractivity contribution is 6.30. The molecule has 152 valence electrons. The predicted octanol–water partition coefficient (Wildman–Crippen LogP) is 3.56. The summed E-state index contributed by atoms with van der Waals surface area (Å²) in [4.78, 5) is 27.5. The first-order valence-electron chi connectivity index (χ1n) is 9.67. The molecule has 8 heteroatoms. The van der Waals surface area contributed by atoms with Gasteiger partial charge in [-0.3, -0.25) is 9.69 Å². The van der Waals surface area contributed by atoms with Gasteiger partial charge in [-0.2, -0.15) is 5.10 Å². The van der Waals surface area contributed by atoms with Crippen LogP contribution in [0.25, 0.3) is 5.69 Å². The van der Waals surface area contributed by atoms with Crippen LogP contribution in [0.1, 0.15) is 23.2 Å². The standard InChI is InChI=1S/C22H19ClN4O3/c1-14-16(19(23)27(25-14)15-7-3-2-4-8-15)13-26-20(28)22(24-21(26)29)11-12-30-18-10-6-5-9-17(18)22/h2-10H,11-13H2,1H3,(H,24,29). The molecule has 30 heavy (non-hydrogen) atoms. The number of aromatic nitrogens is 2. The number of amides is 3. The van der Waals surface area contributed by atoms with Crippen LogP contribution in [0.3, 0.4) is 0 Å². The molecule has 7 nitrogen and oxygen atoms in total. The van der Waals surface area contributed by atoms with Gasteiger partial charge in [-0.15, -0.1) is 0 Å². The van der Waals surface area contributed by atoms with E-state index in [9.17, 15) is 9.59 Å². The molecule has 1 saturated heterocycles. The fraction of sp³-hybridized carbons (Fsp3) is 0.227. The van der Waals surface area contributed by atoms with Crippen molar-refractivity contribution in [2.45, 2.75) is 25.4 Å². The lowest BCUT2D eigenvalue weighted by molar-refractivity contribution is -0.133. The number of carbonyl (C=O) groups excluding carboxylic acids is 2. The highest BCUT2D eigenvalue weighted by atomic mass is 35.5. The van der Waals surface area contributed by atoms with E-state index in [1.165, 1.54) is 4.90 Å². The minimum absolute atomic E-state index is 0.0486. The van der Waals surface area contributed by atoms with E-state index in [-0.39, 0.29) is 12.5 Å². The van der Waals surface area contributed by atoms with Crippen molar-refractivity contribution in [3.05, 3.63) is 76.6 Å². The number of ether oxygens (including phenoxy) is 1. The zero-order chi connectivity index (χ0) is 20.9. The van der Waals surface area contributed by atoms with Gasteiger partial charge < -0.3 is 10.1 Å². The van der Waals surface area contributed by atoms with Crippen LogP contribution in [0.15, 0.2) is 54.6 Å². The molecule has 1 atom stereocenters. The molecule has 1 N–H and O–H groups in total. The fourth-order valence-corrected chi connectivity index (χ4v) is 4.46. The Labute approximate surface area is 178 Å². The molecular formula is C22H19ClN4O3. The predicted molar refractivity (Wildman–Crippen MR) is 111 cm³/mol. The van der Waals surface area contributed by atoms with E-state index < -0.39 is 11.6 Å². The van der Waals surface area contributed by atoms with Crippen LogP contribution >= 0.6 is 11.6 Å². The van der Waals surface area contributed by atoms with E-state index in [0.29, 0.717) is 40.8 Å². The van der Waals surface area contributed by atoms with E-state index >= 15 is 0 Å². The Kier molecular flexibility index (Phi) is 4.29. The first kappa shape index (κ1) is 18.7. The quantitative estimate of drug-likeness (QED) is 0.655. The SMILES string of the molecule is Cc1nn(-c2ccccc2)c(Cl)c1CN1C(=O)NC2(CCOc3ccccc32)C1=O. The molecule has 0 radical (unpaired) electrons. The average Bonchev–Trinajstić information content (AvgIpc) is 3.17. The summed E-state index contributed by atoms with van der Waals surface area (Å²) in [7, 11) is 0. The third-order valence-corrected chi connectivity index (χ3v) is 6.08. The number of halogens is 1. The minimum Gasteiger partial charge on any atom is -0.493 e. The molecular weight excluding hydrogens is 404 g/mol. The molecule has 3 aromatic rings. The lowest BCUT2D eigenvalue weighted by Crippen LogP contribution is -2.47. The minimum atomic E-state index is -1.11. The van der Waals surface area contributed by atoms with Crippen LogP contribution in [0.5, 0.6) is 5.75 Å². The molecule has 2 aliphatic rings. The number of rotatable bonds is 3. The summed E-state index contributed by atoms with van der Waals surface area (Å²) in [6.45, 7) is 2.22. The van der Waals surface area contributed by atoms with E-state index in [1.54, 1.807) is 4.68 Å². The normalized spacial score (nSPS) is 20.3. The number of benzene rings is 2. The number of nitrogens with zero attached hydrogens (tertiary/aromatic N) is 3. The molecule has 2 aliphatic heterocycles. The molecule has 1 fully saturated rings. The van der Waals surface area contributed by atoms with E-state index in [1.807, 2.05) is 61.5 Å². The van der Waals surface area contributed by atoms with Gasteiger partial charge in [0.15, 0.2) is 5.54 Å². The largest absolute Gasteiger partial charge is 0.493 e. The number of para-hydroxylation sites is 2. The molecule has 1 aromatic heterocycles. The number of nitrogens with one attached hydrogen (secondary N) is 1. The molecule has 3 heterocycles. The van der Waals surface area contributed by atoms with Crippen molar-refractivity contribution < 1.29 is 14.3 Å². The molecule has 0 aliphatic carbocycles. The topological polar surface area (TPSA) is 76.5 Å². The zero-order valence-electron chi connectivity index (χ0n) is 16.3. The maximum atomic E-state index is 13.5. The van der Waals surface area contributed by atoms with Crippen molar-refractivity contribution in [2.75, 3.05) is 6.61 Å². The summed E-state index contributed by atoms with van der Waals surface area (Å²) in [5.74, 6) is 0.316. The fourth-order valence-electron chi connectivity index (χ4n) is 4.12. The number of imide groups is 1. The molecule has 2 aromatic carbocycles. The van der Waals surface area contributed by atoms with Gasteiger partial charge in [0.2, 0.25) is 0 Å². The maximum Gasteiger partial charge on any atom is 0.325 e. The smallest absolute Gasteiger partial charge is 0.325 e. The number of fused-ring (bicyclic) bond motifs is 2. The molecule has 1 spiro atoms. The van der Waals surface area contributed by atoms with Crippen molar-refractivity contribution in [2.24, 2.45) is 0 Å². The van der Waals surface area contributed by atoms with Gasteiger partial charge in [-0.05, 0) is 25.1 Å². The Morgan fingerprint density at radius 2 is 1.87 bits per heavy atom. The summed E-state index contributed by atoms with van der Waals surface area (Å²) in [6, 6.07) is 16.4. The second-order valence-corrected chi connectivity index (χ2v) is 7.78. The van der Waals surface area contributed by atoms with Gasteiger partial charge in [0.1, 0.15) is 10.9 Å². The first-order valence-corrected chi connectivity index (χ1v) is 10.0. The summed E-state index contributed by atoms with van der Waals surface area (Å²) < 4.78 is 7.30. The van der Waals surface area contributed by atoms with E-state index in [0.717, 1.165) is 5.69 Å². The lowest BCUT2D eigenvalue weighted by atomic mass is 9.84. The monoisotopic (exact) mass is 422 g/mol. The maximum absolute atomic E-state index is 13.5. The van der Waals surface area contributed by atoms with Crippen molar-refractivity contribution >= 4 is 23.5 Å². The first-order chi connectivity index (χ1) is 14.5. The molecule has 0 bridgehead atoms. The Bertz CT molecular complexity index is 1160. The highest BCUT2D eigenvalue weighted by Crippen LogP contribution is 2.41. The summed E-state index contributed by atoms with van der Waals surface area (Å²) in [6.07, 6.45) is 0.376. The number of aryl methyl sites for hydroxylation is 1. The van der Waals surface area contributed by atoms with Crippen LogP contribution in [-0.4, -0.2) is 33.2 Å². The zero-order valence-corrected chi connectivity index (χ0v) is 17.0. The Hall–Kier alpha value is -3.32. The summed E-state index contributed by atoms with van der Waals surface area (Å²) >= 11 is 6.61. The van der Waals surface area contributed by atoms with Gasteiger partial charge in [-0.1, -0.05) is 48.0 Å². The highest BCUT2D eigenvalue weighted by Gasteiger charge is 2.55. The molecule has 5 rings (SSSR count). The summed E-state index contributed by atoms with van der Waals surface area (Å²) in [5, 5.41) is 7.80. The van der Waals surface area contributed by atoms with Crippen LogP contribution in [0.4, 0.5) is 4.79 Å². The van der Waals surface area contributed by atoms with Crippen molar-refractivity contribution in [1.29, 1.82) is 0 Å². The lowest BCUT2D eigenvalue weighted by Gasteiger charge is -2.33. The number of hydrogen-bond donors (Lipinski definition) is 1. The van der Waals surface area contributed by atoms with Gasteiger partial charge in [0.25, 0.3) is 5.91 Å². The second-order valence-electron chi connectivity index (χ2n) is 7.42. The van der Waals surface area contributed by atoms with Crippen molar-refractivity contribution in [1.82, 2.24) is 20.0 Å². The molecule has 3 amide bonds. The Morgan fingerprint density at radius 1 is 1.13 bits per heavy atom. The van der Waals surface area contributed by atoms with E-state index in [2.05, 4.69) is 10.4 Å². The number of hydrogen-bond acceptors (Lipinski definition) is 4. The van der Waals surface area contributed by atoms with Crippen molar-refractivity contribution in [3.63, 3.8) is 0 Å². The molecule has 1 unspecified atom stereocenters. The van der Waals surface area contributed by atoms with E-state index in [4.69, 9.17) is 16.3 Å².